The van der Waals surface area contributed by atoms with Gasteiger partial charge in [-0.25, -0.2) is 9.78 Å². The largest absolute Gasteiger partial charge is 0.465 e. The Morgan fingerprint density at radius 1 is 1.10 bits per heavy atom. The summed E-state index contributed by atoms with van der Waals surface area (Å²) in [7, 11) is 1.37. The van der Waals surface area contributed by atoms with E-state index in [0.29, 0.717) is 5.56 Å². The smallest absolute Gasteiger partial charge is 0.337 e. The summed E-state index contributed by atoms with van der Waals surface area (Å²) in [5.74, 6) is 0.469. The zero-order chi connectivity index (χ0) is 14.7. The van der Waals surface area contributed by atoms with Crippen molar-refractivity contribution in [3.63, 3.8) is 0 Å². The molecular formula is C17H14N2O2. The number of methoxy groups -OCH3 is 1. The average Bonchev–Trinajstić information content (AvgIpc) is 2.95. The molecule has 4 heteroatoms. The van der Waals surface area contributed by atoms with Gasteiger partial charge in [0, 0.05) is 0 Å². The Hall–Kier alpha value is -2.88. The number of nitrogens with zero attached hydrogens (tertiary/aromatic N) is 1. The lowest BCUT2D eigenvalue weighted by Crippen LogP contribution is -2.00. The lowest BCUT2D eigenvalue weighted by molar-refractivity contribution is 0.0601. The molecule has 0 spiro atoms. The maximum Gasteiger partial charge on any atom is 0.337 e. The van der Waals surface area contributed by atoms with Crippen molar-refractivity contribution < 1.29 is 9.53 Å². The van der Waals surface area contributed by atoms with E-state index in [1.165, 1.54) is 7.11 Å². The van der Waals surface area contributed by atoms with Gasteiger partial charge in [0.1, 0.15) is 5.82 Å². The number of hydrogen-bond donors (Lipinski definition) is 1. The van der Waals surface area contributed by atoms with E-state index < -0.39 is 0 Å². The van der Waals surface area contributed by atoms with Crippen LogP contribution in [0.4, 0.5) is 0 Å². The van der Waals surface area contributed by atoms with Gasteiger partial charge in [-0.1, -0.05) is 30.3 Å². The van der Waals surface area contributed by atoms with Crippen LogP contribution in [0.25, 0.3) is 23.2 Å². The molecule has 0 radical (unpaired) electrons. The summed E-state index contributed by atoms with van der Waals surface area (Å²) in [5.41, 5.74) is 3.48. The second-order valence-electron chi connectivity index (χ2n) is 4.59. The molecule has 0 unspecified atom stereocenters. The quantitative estimate of drug-likeness (QED) is 0.746. The molecule has 1 heterocycles. The summed E-state index contributed by atoms with van der Waals surface area (Å²) in [6.07, 6.45) is 3.85. The van der Waals surface area contributed by atoms with Crippen molar-refractivity contribution in [1.82, 2.24) is 9.97 Å². The number of aromatic amines is 1. The molecule has 0 saturated heterocycles. The standard InChI is InChI=1S/C17H14N2O2/c1-21-17(20)13-9-6-12(7-10-13)8-11-16-18-14-4-2-3-5-15(14)19-16/h2-11H,1H3,(H,18,19)/b11-8+. The molecule has 3 aromatic rings. The highest BCUT2D eigenvalue weighted by Gasteiger charge is 2.03. The minimum Gasteiger partial charge on any atom is -0.465 e. The molecule has 2 aromatic carbocycles. The zero-order valence-corrected chi connectivity index (χ0v) is 11.5. The number of fused-ring (bicyclic) bond motifs is 1. The number of carbonyl (C=O) groups is 1. The number of para-hydroxylation sites is 2. The van der Waals surface area contributed by atoms with E-state index in [-0.39, 0.29) is 5.97 Å². The molecule has 21 heavy (non-hydrogen) atoms. The number of esters is 1. The molecule has 0 aliphatic carbocycles. The maximum absolute atomic E-state index is 11.3. The molecule has 1 N–H and O–H groups in total. The van der Waals surface area contributed by atoms with Gasteiger partial charge in [0.2, 0.25) is 0 Å². The van der Waals surface area contributed by atoms with Crippen molar-refractivity contribution in [2.24, 2.45) is 0 Å². The summed E-state index contributed by atoms with van der Waals surface area (Å²) in [6.45, 7) is 0. The number of benzene rings is 2. The van der Waals surface area contributed by atoms with Crippen LogP contribution in [0.1, 0.15) is 21.7 Å². The monoisotopic (exact) mass is 278 g/mol. The Bertz CT molecular complexity index is 768. The number of hydrogen-bond acceptors (Lipinski definition) is 3. The Morgan fingerprint density at radius 2 is 1.86 bits per heavy atom. The van der Waals surface area contributed by atoms with Crippen molar-refractivity contribution in [3.05, 3.63) is 65.5 Å². The summed E-state index contributed by atoms with van der Waals surface area (Å²) >= 11 is 0. The first-order chi connectivity index (χ1) is 10.3. The van der Waals surface area contributed by atoms with Gasteiger partial charge >= 0.3 is 5.97 Å². The maximum atomic E-state index is 11.3. The molecule has 0 saturated carbocycles. The van der Waals surface area contributed by atoms with E-state index in [2.05, 4.69) is 14.7 Å². The van der Waals surface area contributed by atoms with E-state index in [1.54, 1.807) is 12.1 Å². The topological polar surface area (TPSA) is 55.0 Å². The van der Waals surface area contributed by atoms with Crippen LogP contribution in [0.3, 0.4) is 0 Å². The fourth-order valence-electron chi connectivity index (χ4n) is 2.07. The molecule has 0 aliphatic rings. The number of carbonyl (C=O) groups excluding carboxylic acids is 1. The average molecular weight is 278 g/mol. The lowest BCUT2D eigenvalue weighted by atomic mass is 10.1. The number of ether oxygens (including phenoxy) is 1. The zero-order valence-electron chi connectivity index (χ0n) is 11.5. The second-order valence-corrected chi connectivity index (χ2v) is 4.59. The molecule has 0 fully saturated rings. The fourth-order valence-corrected chi connectivity index (χ4v) is 2.07. The molecule has 0 bridgehead atoms. The van der Waals surface area contributed by atoms with Gasteiger partial charge in [0.25, 0.3) is 0 Å². The van der Waals surface area contributed by atoms with E-state index in [9.17, 15) is 4.79 Å². The van der Waals surface area contributed by atoms with Gasteiger partial charge in [-0.05, 0) is 35.9 Å². The third-order valence-electron chi connectivity index (χ3n) is 3.17. The number of nitrogens with one attached hydrogen (secondary N) is 1. The van der Waals surface area contributed by atoms with Gasteiger partial charge in [-0.2, -0.15) is 0 Å². The summed E-state index contributed by atoms with van der Waals surface area (Å²) in [6, 6.07) is 15.1. The van der Waals surface area contributed by atoms with Crippen LogP contribution in [0, 0.1) is 0 Å². The Labute approximate surface area is 122 Å². The van der Waals surface area contributed by atoms with Gasteiger partial charge in [-0.15, -0.1) is 0 Å². The lowest BCUT2D eigenvalue weighted by Gasteiger charge is -1.99. The highest BCUT2D eigenvalue weighted by molar-refractivity contribution is 5.89. The predicted octanol–water partition coefficient (Wildman–Crippen LogP) is 3.52. The second kappa shape index (κ2) is 5.63. The van der Waals surface area contributed by atoms with E-state index in [0.717, 1.165) is 22.4 Å². The van der Waals surface area contributed by atoms with Crippen LogP contribution in [-0.2, 0) is 4.74 Å². The van der Waals surface area contributed by atoms with E-state index in [1.807, 2.05) is 48.6 Å². The minimum absolute atomic E-state index is 0.331. The fraction of sp³-hybridized carbons (Fsp3) is 0.0588. The van der Waals surface area contributed by atoms with Gasteiger partial charge < -0.3 is 9.72 Å². The highest BCUT2D eigenvalue weighted by Crippen LogP contribution is 2.13. The van der Waals surface area contributed by atoms with Crippen LogP contribution >= 0.6 is 0 Å². The van der Waals surface area contributed by atoms with Crippen LogP contribution in [0.5, 0.6) is 0 Å². The van der Waals surface area contributed by atoms with Crippen LogP contribution in [0.2, 0.25) is 0 Å². The number of rotatable bonds is 3. The Kier molecular flexibility index (Phi) is 3.51. The number of aromatic nitrogens is 2. The molecule has 0 aliphatic heterocycles. The first-order valence-electron chi connectivity index (χ1n) is 6.57. The van der Waals surface area contributed by atoms with Crippen molar-refractivity contribution in [3.8, 4) is 0 Å². The first kappa shape index (κ1) is 13.1. The van der Waals surface area contributed by atoms with Crippen molar-refractivity contribution in [2.75, 3.05) is 7.11 Å². The third kappa shape index (κ3) is 2.84. The third-order valence-corrected chi connectivity index (χ3v) is 3.17. The Morgan fingerprint density at radius 3 is 2.57 bits per heavy atom. The predicted molar refractivity (Wildman–Crippen MR) is 82.8 cm³/mol. The van der Waals surface area contributed by atoms with Crippen LogP contribution < -0.4 is 0 Å². The molecule has 4 nitrogen and oxygen atoms in total. The molecular weight excluding hydrogens is 264 g/mol. The molecule has 3 rings (SSSR count). The normalized spacial score (nSPS) is 11.1. The van der Waals surface area contributed by atoms with Gasteiger partial charge in [-0.3, -0.25) is 0 Å². The number of H-pyrrole nitrogens is 1. The SMILES string of the molecule is COC(=O)c1ccc(/C=C/c2nc3ccccc3[nH]2)cc1. The summed E-state index contributed by atoms with van der Waals surface area (Å²) in [5, 5.41) is 0. The van der Waals surface area contributed by atoms with Gasteiger partial charge in [0.15, 0.2) is 0 Å². The Balaban J connectivity index is 1.80. The van der Waals surface area contributed by atoms with E-state index >= 15 is 0 Å². The van der Waals surface area contributed by atoms with Crippen molar-refractivity contribution >= 4 is 29.2 Å². The first-order valence-corrected chi connectivity index (χ1v) is 6.57. The molecule has 0 atom stereocenters. The van der Waals surface area contributed by atoms with Crippen molar-refractivity contribution in [2.45, 2.75) is 0 Å². The molecule has 0 amide bonds. The molecule has 104 valence electrons. The van der Waals surface area contributed by atoms with E-state index in [4.69, 9.17) is 0 Å². The van der Waals surface area contributed by atoms with Crippen LogP contribution in [0.15, 0.2) is 48.5 Å². The minimum atomic E-state index is -0.331. The van der Waals surface area contributed by atoms with Crippen molar-refractivity contribution in [1.29, 1.82) is 0 Å². The molecule has 1 aromatic heterocycles. The summed E-state index contributed by atoms with van der Waals surface area (Å²) in [4.78, 5) is 19.1. The van der Waals surface area contributed by atoms with Crippen LogP contribution in [-0.4, -0.2) is 23.0 Å². The number of imidazole rings is 1. The summed E-state index contributed by atoms with van der Waals surface area (Å²) < 4.78 is 4.67. The van der Waals surface area contributed by atoms with Gasteiger partial charge in [0.05, 0.1) is 23.7 Å². The highest BCUT2D eigenvalue weighted by atomic mass is 16.5.